The Morgan fingerprint density at radius 3 is 2.64 bits per heavy atom. The number of methoxy groups -OCH3 is 1. The highest BCUT2D eigenvalue weighted by atomic mass is 16.5. The van der Waals surface area contributed by atoms with Crippen LogP contribution < -0.4 is 9.47 Å². The first-order valence-electron chi connectivity index (χ1n) is 7.84. The molecular formula is C19H22O3. The Morgan fingerprint density at radius 1 is 1.23 bits per heavy atom. The molecule has 0 saturated heterocycles. The molecular weight excluding hydrogens is 276 g/mol. The van der Waals surface area contributed by atoms with Crippen molar-refractivity contribution in [2.75, 3.05) is 13.7 Å². The summed E-state index contributed by atoms with van der Waals surface area (Å²) >= 11 is 0. The number of carbonyl (C=O) groups excluding carboxylic acids is 1. The quantitative estimate of drug-likeness (QED) is 0.797. The highest BCUT2D eigenvalue weighted by Crippen LogP contribution is 2.50. The molecule has 1 aromatic carbocycles. The molecule has 3 nitrogen and oxygen atoms in total. The number of carbonyl (C=O) groups is 1. The molecule has 0 radical (unpaired) electrons. The minimum Gasteiger partial charge on any atom is -0.493 e. The van der Waals surface area contributed by atoms with E-state index in [9.17, 15) is 4.79 Å². The van der Waals surface area contributed by atoms with Crippen molar-refractivity contribution in [3.8, 4) is 11.5 Å². The van der Waals surface area contributed by atoms with Gasteiger partial charge in [0.05, 0.1) is 12.5 Å². The Bertz CT molecular complexity index is 636. The summed E-state index contributed by atoms with van der Waals surface area (Å²) in [5, 5.41) is 0. The molecule has 0 heterocycles. The lowest BCUT2D eigenvalue weighted by Gasteiger charge is -2.17. The molecule has 1 aromatic rings. The van der Waals surface area contributed by atoms with Crippen LogP contribution in [-0.4, -0.2) is 19.5 Å². The van der Waals surface area contributed by atoms with E-state index >= 15 is 0 Å². The van der Waals surface area contributed by atoms with Gasteiger partial charge in [-0.1, -0.05) is 24.3 Å². The molecule has 0 amide bonds. The van der Waals surface area contributed by atoms with Crippen LogP contribution in [0.25, 0.3) is 0 Å². The molecule has 2 aliphatic carbocycles. The summed E-state index contributed by atoms with van der Waals surface area (Å²) in [7, 11) is 1.64. The van der Waals surface area contributed by atoms with Crippen LogP contribution in [-0.2, 0) is 10.2 Å². The summed E-state index contributed by atoms with van der Waals surface area (Å²) in [6, 6.07) is 5.86. The van der Waals surface area contributed by atoms with Crippen LogP contribution in [0.2, 0.25) is 0 Å². The van der Waals surface area contributed by atoms with Crippen LogP contribution in [0.15, 0.2) is 42.0 Å². The number of Topliss-reactive ketones (excluding diaryl/α,β-unsaturated/α-hetero) is 1. The topological polar surface area (TPSA) is 35.5 Å². The van der Waals surface area contributed by atoms with Gasteiger partial charge in [0.25, 0.3) is 0 Å². The lowest BCUT2D eigenvalue weighted by Crippen LogP contribution is -2.17. The molecule has 22 heavy (non-hydrogen) atoms. The highest BCUT2D eigenvalue weighted by molar-refractivity contribution is 5.91. The predicted molar refractivity (Wildman–Crippen MR) is 86.5 cm³/mol. The van der Waals surface area contributed by atoms with Gasteiger partial charge in [0.1, 0.15) is 12.4 Å². The summed E-state index contributed by atoms with van der Waals surface area (Å²) in [6.07, 6.45) is 10.5. The standard InChI is InChI=1S/C19H22O3/c1-14(20)19(10-11-19)16-8-9-17(21-2)18(12-16)22-13-15-6-4-3-5-7-15/h4,6-9,12H,3,5,10-11,13H2,1-2H3. The Morgan fingerprint density at radius 2 is 2.05 bits per heavy atom. The summed E-state index contributed by atoms with van der Waals surface area (Å²) in [6.45, 7) is 2.21. The number of hydrogen-bond acceptors (Lipinski definition) is 3. The van der Waals surface area contributed by atoms with Gasteiger partial charge in [-0.15, -0.1) is 0 Å². The van der Waals surface area contributed by atoms with E-state index in [1.807, 2.05) is 18.2 Å². The van der Waals surface area contributed by atoms with E-state index in [1.54, 1.807) is 14.0 Å². The monoisotopic (exact) mass is 298 g/mol. The molecule has 2 aliphatic rings. The average Bonchev–Trinajstić information content (AvgIpc) is 3.35. The number of benzene rings is 1. The zero-order valence-electron chi connectivity index (χ0n) is 13.2. The van der Waals surface area contributed by atoms with Crippen LogP contribution in [0.5, 0.6) is 11.5 Å². The minimum absolute atomic E-state index is 0.238. The Balaban J connectivity index is 1.81. The van der Waals surface area contributed by atoms with E-state index in [1.165, 1.54) is 5.57 Å². The normalized spacial score (nSPS) is 18.5. The second-order valence-electron chi connectivity index (χ2n) is 6.05. The molecule has 3 heteroatoms. The smallest absolute Gasteiger partial charge is 0.161 e. The minimum atomic E-state index is -0.283. The summed E-state index contributed by atoms with van der Waals surface area (Å²) in [4.78, 5) is 11.9. The molecule has 0 unspecified atom stereocenters. The van der Waals surface area contributed by atoms with Crippen molar-refractivity contribution in [3.63, 3.8) is 0 Å². The van der Waals surface area contributed by atoms with Crippen molar-refractivity contribution in [2.24, 2.45) is 0 Å². The van der Waals surface area contributed by atoms with Gasteiger partial charge in [-0.25, -0.2) is 0 Å². The van der Waals surface area contributed by atoms with E-state index in [4.69, 9.17) is 9.47 Å². The molecule has 0 bridgehead atoms. The fourth-order valence-corrected chi connectivity index (χ4v) is 2.99. The molecule has 0 spiro atoms. The SMILES string of the molecule is COc1ccc(C2(C(C)=O)CC2)cc1OCC1=CCCC=C1. The first kappa shape index (κ1) is 14.9. The van der Waals surface area contributed by atoms with Gasteiger partial charge in [-0.05, 0) is 55.9 Å². The van der Waals surface area contributed by atoms with Gasteiger partial charge in [0.15, 0.2) is 11.5 Å². The predicted octanol–water partition coefficient (Wildman–Crippen LogP) is 3.97. The largest absolute Gasteiger partial charge is 0.493 e. The third-order valence-electron chi connectivity index (χ3n) is 4.61. The van der Waals surface area contributed by atoms with Crippen molar-refractivity contribution in [1.82, 2.24) is 0 Å². The van der Waals surface area contributed by atoms with Crippen molar-refractivity contribution >= 4 is 5.78 Å². The maximum atomic E-state index is 11.9. The van der Waals surface area contributed by atoms with E-state index in [0.717, 1.165) is 31.2 Å². The van der Waals surface area contributed by atoms with E-state index in [2.05, 4.69) is 18.2 Å². The van der Waals surface area contributed by atoms with Gasteiger partial charge in [0.2, 0.25) is 0 Å². The number of allylic oxidation sites excluding steroid dienone is 2. The van der Waals surface area contributed by atoms with Crippen molar-refractivity contribution in [2.45, 2.75) is 38.0 Å². The molecule has 0 aromatic heterocycles. The van der Waals surface area contributed by atoms with Gasteiger partial charge in [-0.2, -0.15) is 0 Å². The van der Waals surface area contributed by atoms with E-state index in [-0.39, 0.29) is 11.2 Å². The van der Waals surface area contributed by atoms with E-state index < -0.39 is 0 Å². The maximum Gasteiger partial charge on any atom is 0.161 e. The fourth-order valence-electron chi connectivity index (χ4n) is 2.99. The van der Waals surface area contributed by atoms with Crippen LogP contribution >= 0.6 is 0 Å². The molecule has 1 fully saturated rings. The molecule has 0 N–H and O–H groups in total. The summed E-state index contributed by atoms with van der Waals surface area (Å²) in [5.74, 6) is 1.66. The molecule has 0 atom stereocenters. The van der Waals surface area contributed by atoms with Gasteiger partial charge in [-0.3, -0.25) is 4.79 Å². The van der Waals surface area contributed by atoms with Gasteiger partial charge in [0, 0.05) is 0 Å². The second-order valence-corrected chi connectivity index (χ2v) is 6.05. The Kier molecular flexibility index (Phi) is 4.06. The number of rotatable bonds is 6. The summed E-state index contributed by atoms with van der Waals surface area (Å²) < 4.78 is 11.3. The molecule has 3 rings (SSSR count). The average molecular weight is 298 g/mol. The van der Waals surface area contributed by atoms with Crippen LogP contribution in [0.3, 0.4) is 0 Å². The van der Waals surface area contributed by atoms with Gasteiger partial charge >= 0.3 is 0 Å². The van der Waals surface area contributed by atoms with Crippen LogP contribution in [0.1, 0.15) is 38.2 Å². The molecule has 1 saturated carbocycles. The first-order chi connectivity index (χ1) is 10.7. The van der Waals surface area contributed by atoms with Crippen molar-refractivity contribution in [3.05, 3.63) is 47.6 Å². The number of ketones is 1. The van der Waals surface area contributed by atoms with Crippen molar-refractivity contribution < 1.29 is 14.3 Å². The third kappa shape index (κ3) is 2.80. The number of ether oxygens (including phenoxy) is 2. The first-order valence-corrected chi connectivity index (χ1v) is 7.84. The van der Waals surface area contributed by atoms with E-state index in [0.29, 0.717) is 18.1 Å². The number of hydrogen-bond donors (Lipinski definition) is 0. The molecule has 116 valence electrons. The maximum absolute atomic E-state index is 11.9. The zero-order valence-corrected chi connectivity index (χ0v) is 13.2. The Labute approximate surface area is 131 Å². The van der Waals surface area contributed by atoms with Crippen molar-refractivity contribution in [1.29, 1.82) is 0 Å². The van der Waals surface area contributed by atoms with Gasteiger partial charge < -0.3 is 9.47 Å². The van der Waals surface area contributed by atoms with Crippen LogP contribution in [0, 0.1) is 0 Å². The second kappa shape index (κ2) is 5.99. The third-order valence-corrected chi connectivity index (χ3v) is 4.61. The Hall–Kier alpha value is -2.03. The summed E-state index contributed by atoms with van der Waals surface area (Å²) in [5.41, 5.74) is 1.95. The lowest BCUT2D eigenvalue weighted by molar-refractivity contribution is -0.119. The zero-order chi connectivity index (χ0) is 15.6. The lowest BCUT2D eigenvalue weighted by atomic mass is 9.92. The fraction of sp³-hybridized carbons (Fsp3) is 0.421. The molecule has 0 aliphatic heterocycles. The van der Waals surface area contributed by atoms with Crippen LogP contribution in [0.4, 0.5) is 0 Å². The highest BCUT2D eigenvalue weighted by Gasteiger charge is 2.48.